The van der Waals surface area contributed by atoms with Crippen LogP contribution in [-0.2, 0) is 5.75 Å². The van der Waals surface area contributed by atoms with Gasteiger partial charge in [0.2, 0.25) is 5.13 Å². The van der Waals surface area contributed by atoms with E-state index in [-0.39, 0.29) is 0 Å². The van der Waals surface area contributed by atoms with Gasteiger partial charge in [0, 0.05) is 26.4 Å². The van der Waals surface area contributed by atoms with Crippen LogP contribution < -0.4 is 10.2 Å². The Morgan fingerprint density at radius 2 is 2.15 bits per heavy atom. The summed E-state index contributed by atoms with van der Waals surface area (Å²) in [6.45, 7) is 3.09. The molecule has 20 heavy (non-hydrogen) atoms. The van der Waals surface area contributed by atoms with Crippen LogP contribution in [0.3, 0.4) is 0 Å². The van der Waals surface area contributed by atoms with Crippen molar-refractivity contribution in [1.29, 1.82) is 0 Å². The van der Waals surface area contributed by atoms with Gasteiger partial charge in [0.1, 0.15) is 5.82 Å². The topological polar surface area (TPSA) is 53.9 Å². The fourth-order valence-electron chi connectivity index (χ4n) is 1.49. The summed E-state index contributed by atoms with van der Waals surface area (Å²) in [5.41, 5.74) is 1.05. The van der Waals surface area contributed by atoms with Crippen LogP contribution in [0.2, 0.25) is 0 Å². The molecule has 0 aliphatic carbocycles. The Morgan fingerprint density at radius 1 is 1.30 bits per heavy atom. The van der Waals surface area contributed by atoms with E-state index in [0.29, 0.717) is 0 Å². The van der Waals surface area contributed by atoms with Crippen LogP contribution in [0.15, 0.2) is 22.5 Å². The second-order valence-corrected chi connectivity index (χ2v) is 6.65. The minimum absolute atomic E-state index is 0.809. The number of hydrogen-bond acceptors (Lipinski definition) is 7. The third-order valence-corrected chi connectivity index (χ3v) is 4.74. The standard InChI is InChI=1S/C13H19N5S2/c1-4-8-14-11-7-5-6-10(15-11)9-19-13-17-16-12(20-13)18(2)3/h5-7H,4,8-9H2,1-3H3,(H,14,15). The predicted molar refractivity (Wildman–Crippen MR) is 86.8 cm³/mol. The van der Waals surface area contributed by atoms with E-state index < -0.39 is 0 Å². The molecule has 1 N–H and O–H groups in total. The Bertz CT molecular complexity index is 541. The molecule has 0 saturated carbocycles. The van der Waals surface area contributed by atoms with E-state index >= 15 is 0 Å². The summed E-state index contributed by atoms with van der Waals surface area (Å²) in [5.74, 6) is 1.75. The lowest BCUT2D eigenvalue weighted by Crippen LogP contribution is -2.07. The number of nitrogens with zero attached hydrogens (tertiary/aromatic N) is 4. The SMILES string of the molecule is CCCNc1cccc(CSc2nnc(N(C)C)s2)n1. The molecule has 0 bridgehead atoms. The molecule has 0 spiro atoms. The number of hydrogen-bond donors (Lipinski definition) is 1. The quantitative estimate of drug-likeness (QED) is 0.793. The molecule has 2 aromatic rings. The molecule has 0 saturated heterocycles. The Morgan fingerprint density at radius 3 is 2.85 bits per heavy atom. The lowest BCUT2D eigenvalue weighted by Gasteiger charge is -2.05. The molecule has 108 valence electrons. The molecule has 0 aliphatic heterocycles. The zero-order valence-corrected chi connectivity index (χ0v) is 13.6. The number of rotatable bonds is 7. The van der Waals surface area contributed by atoms with Crippen molar-refractivity contribution >= 4 is 34.0 Å². The Balaban J connectivity index is 1.92. The Kier molecular flexibility index (Phi) is 5.60. The molecular formula is C13H19N5S2. The van der Waals surface area contributed by atoms with Crippen molar-refractivity contribution in [3.63, 3.8) is 0 Å². The molecule has 0 amide bonds. The summed E-state index contributed by atoms with van der Waals surface area (Å²) < 4.78 is 0.974. The maximum atomic E-state index is 4.58. The van der Waals surface area contributed by atoms with Crippen LogP contribution in [0.25, 0.3) is 0 Å². The first kappa shape index (κ1) is 15.1. The fourth-order valence-corrected chi connectivity index (χ4v) is 3.16. The van der Waals surface area contributed by atoms with E-state index in [1.165, 1.54) is 0 Å². The maximum absolute atomic E-state index is 4.58. The third kappa shape index (κ3) is 4.35. The van der Waals surface area contributed by atoms with Crippen molar-refractivity contribution in [3.8, 4) is 0 Å². The second-order valence-electron chi connectivity index (χ2n) is 4.47. The minimum Gasteiger partial charge on any atom is -0.370 e. The molecule has 0 aliphatic rings. The van der Waals surface area contributed by atoms with Gasteiger partial charge >= 0.3 is 0 Å². The molecule has 2 aromatic heterocycles. The van der Waals surface area contributed by atoms with Crippen molar-refractivity contribution in [2.75, 3.05) is 30.9 Å². The first-order chi connectivity index (χ1) is 9.69. The smallest absolute Gasteiger partial charge is 0.208 e. The van der Waals surface area contributed by atoms with Crippen molar-refractivity contribution in [2.24, 2.45) is 0 Å². The Labute approximate surface area is 127 Å². The first-order valence-corrected chi connectivity index (χ1v) is 8.32. The monoisotopic (exact) mass is 309 g/mol. The lowest BCUT2D eigenvalue weighted by molar-refractivity contribution is 0.963. The fraction of sp³-hybridized carbons (Fsp3) is 0.462. The van der Waals surface area contributed by atoms with Crippen LogP contribution in [-0.4, -0.2) is 35.8 Å². The highest BCUT2D eigenvalue weighted by molar-refractivity contribution is 8.00. The largest absolute Gasteiger partial charge is 0.370 e. The van der Waals surface area contributed by atoms with E-state index in [4.69, 9.17) is 0 Å². The third-order valence-electron chi connectivity index (χ3n) is 2.48. The molecule has 0 unspecified atom stereocenters. The van der Waals surface area contributed by atoms with Crippen LogP contribution in [0.4, 0.5) is 10.9 Å². The van der Waals surface area contributed by atoms with E-state index in [2.05, 4.69) is 27.4 Å². The van der Waals surface area contributed by atoms with Gasteiger partial charge < -0.3 is 10.2 Å². The van der Waals surface area contributed by atoms with Crippen LogP contribution >= 0.6 is 23.1 Å². The number of nitrogens with one attached hydrogen (secondary N) is 1. The van der Waals surface area contributed by atoms with Crippen molar-refractivity contribution < 1.29 is 0 Å². The van der Waals surface area contributed by atoms with Gasteiger partial charge in [-0.3, -0.25) is 0 Å². The second kappa shape index (κ2) is 7.44. The van der Waals surface area contributed by atoms with Crippen molar-refractivity contribution in [2.45, 2.75) is 23.4 Å². The normalized spacial score (nSPS) is 10.6. The average molecular weight is 309 g/mol. The zero-order chi connectivity index (χ0) is 14.4. The summed E-state index contributed by atoms with van der Waals surface area (Å²) in [7, 11) is 3.94. The highest BCUT2D eigenvalue weighted by atomic mass is 32.2. The molecule has 0 radical (unpaired) electrons. The molecule has 5 nitrogen and oxygen atoms in total. The van der Waals surface area contributed by atoms with Gasteiger partial charge in [-0.2, -0.15) is 0 Å². The summed E-state index contributed by atoms with van der Waals surface area (Å²) in [4.78, 5) is 6.55. The van der Waals surface area contributed by atoms with Crippen LogP contribution in [0.1, 0.15) is 19.0 Å². The number of anilines is 2. The average Bonchev–Trinajstić information content (AvgIpc) is 2.92. The molecule has 7 heteroatoms. The highest BCUT2D eigenvalue weighted by Crippen LogP contribution is 2.29. The van der Waals surface area contributed by atoms with Crippen molar-refractivity contribution in [1.82, 2.24) is 15.2 Å². The predicted octanol–water partition coefficient (Wildman–Crippen LogP) is 3.11. The number of thioether (sulfide) groups is 1. The Hall–Kier alpha value is -1.34. The van der Waals surface area contributed by atoms with Gasteiger partial charge in [-0.1, -0.05) is 36.1 Å². The summed E-state index contributed by atoms with van der Waals surface area (Å²) >= 11 is 3.27. The molecule has 0 aromatic carbocycles. The lowest BCUT2D eigenvalue weighted by atomic mass is 10.3. The van der Waals surface area contributed by atoms with Crippen LogP contribution in [0, 0.1) is 0 Å². The first-order valence-electron chi connectivity index (χ1n) is 6.52. The van der Waals surface area contributed by atoms with E-state index in [1.54, 1.807) is 23.1 Å². The highest BCUT2D eigenvalue weighted by Gasteiger charge is 2.07. The van der Waals surface area contributed by atoms with Crippen molar-refractivity contribution in [3.05, 3.63) is 23.9 Å². The molecule has 0 atom stereocenters. The summed E-state index contributed by atoms with van der Waals surface area (Å²) in [6.07, 6.45) is 1.10. The van der Waals surface area contributed by atoms with Gasteiger partial charge in [-0.15, -0.1) is 10.2 Å². The van der Waals surface area contributed by atoms with Crippen LogP contribution in [0.5, 0.6) is 0 Å². The maximum Gasteiger partial charge on any atom is 0.208 e. The van der Waals surface area contributed by atoms with E-state index in [1.807, 2.05) is 37.2 Å². The van der Waals surface area contributed by atoms with Gasteiger partial charge in [-0.05, 0) is 18.6 Å². The van der Waals surface area contributed by atoms with Gasteiger partial charge in [0.05, 0.1) is 5.69 Å². The molecule has 2 heterocycles. The molecular weight excluding hydrogens is 290 g/mol. The molecule has 2 rings (SSSR count). The summed E-state index contributed by atoms with van der Waals surface area (Å²) in [5, 5.41) is 12.5. The summed E-state index contributed by atoms with van der Waals surface area (Å²) in [6, 6.07) is 6.07. The van der Waals surface area contributed by atoms with E-state index in [9.17, 15) is 0 Å². The van der Waals surface area contributed by atoms with Gasteiger partial charge in [-0.25, -0.2) is 4.98 Å². The minimum atomic E-state index is 0.809. The number of pyridine rings is 1. The zero-order valence-electron chi connectivity index (χ0n) is 12.0. The number of aromatic nitrogens is 3. The molecule has 0 fully saturated rings. The van der Waals surface area contributed by atoms with Gasteiger partial charge in [0.25, 0.3) is 0 Å². The van der Waals surface area contributed by atoms with Gasteiger partial charge in [0.15, 0.2) is 4.34 Å². The van der Waals surface area contributed by atoms with E-state index in [0.717, 1.165) is 39.7 Å².